The van der Waals surface area contributed by atoms with Crippen LogP contribution in [0.25, 0.3) is 28.4 Å². The molecule has 0 unspecified atom stereocenters. The van der Waals surface area contributed by atoms with Gasteiger partial charge in [0.2, 0.25) is 5.43 Å². The van der Waals surface area contributed by atoms with Crippen molar-refractivity contribution in [2.45, 2.75) is 39.4 Å². The maximum atomic E-state index is 13.6. The molecule has 0 fully saturated rings. The number of fused-ring (bicyclic) bond motifs is 3. The Hall–Kier alpha value is -3.71. The number of aromatic hydroxyl groups is 3. The molecule has 0 amide bonds. The van der Waals surface area contributed by atoms with Crippen LogP contribution in [0.2, 0.25) is 0 Å². The molecule has 1 aliphatic rings. The van der Waals surface area contributed by atoms with Crippen LogP contribution < -0.4 is 10.2 Å². The van der Waals surface area contributed by atoms with Crippen LogP contribution in [-0.4, -0.2) is 26.0 Å². The Labute approximate surface area is 184 Å². The van der Waals surface area contributed by atoms with E-state index in [1.165, 1.54) is 24.3 Å². The number of phenolic OH excluding ortho intramolecular Hbond substituents is 3. The SMILES string of the molecule is CC(C)=C[C@H](O)c1c(-c2ccc(O)cc2O)oc2c3c(cc(O)c2c1=O)OC(C)(C)C=C3. The first-order valence-electron chi connectivity index (χ1n) is 10.1. The van der Waals surface area contributed by atoms with Gasteiger partial charge in [-0.1, -0.05) is 11.6 Å². The van der Waals surface area contributed by atoms with Gasteiger partial charge in [0.25, 0.3) is 0 Å². The quantitative estimate of drug-likeness (QED) is 0.437. The van der Waals surface area contributed by atoms with Gasteiger partial charge in [0.1, 0.15) is 45.8 Å². The molecule has 0 radical (unpaired) electrons. The number of ether oxygens (including phenoxy) is 1. The Morgan fingerprint density at radius 2 is 1.81 bits per heavy atom. The molecule has 1 atom stereocenters. The van der Waals surface area contributed by atoms with Gasteiger partial charge < -0.3 is 29.6 Å². The van der Waals surface area contributed by atoms with Crippen molar-refractivity contribution in [3.05, 3.63) is 63.3 Å². The molecule has 4 N–H and O–H groups in total. The van der Waals surface area contributed by atoms with Crippen molar-refractivity contribution in [2.75, 3.05) is 0 Å². The summed E-state index contributed by atoms with van der Waals surface area (Å²) in [4.78, 5) is 13.6. The molecule has 7 nitrogen and oxygen atoms in total. The van der Waals surface area contributed by atoms with E-state index >= 15 is 0 Å². The lowest BCUT2D eigenvalue weighted by Crippen LogP contribution is -2.27. The number of hydrogen-bond donors (Lipinski definition) is 4. The molecule has 2 aromatic carbocycles. The number of aliphatic hydroxyl groups is 1. The van der Waals surface area contributed by atoms with Gasteiger partial charge in [-0.2, -0.15) is 0 Å². The summed E-state index contributed by atoms with van der Waals surface area (Å²) in [5, 5.41) is 41.5. The van der Waals surface area contributed by atoms with Crippen molar-refractivity contribution >= 4 is 17.0 Å². The highest BCUT2D eigenvalue weighted by molar-refractivity contribution is 5.95. The molecule has 0 bridgehead atoms. The van der Waals surface area contributed by atoms with Crippen molar-refractivity contribution in [1.82, 2.24) is 0 Å². The van der Waals surface area contributed by atoms with Crippen LogP contribution in [0.3, 0.4) is 0 Å². The molecule has 166 valence electrons. The third kappa shape index (κ3) is 3.61. The fourth-order valence-corrected chi connectivity index (χ4v) is 3.78. The highest BCUT2D eigenvalue weighted by atomic mass is 16.5. The number of phenols is 3. The lowest BCUT2D eigenvalue weighted by molar-refractivity contribution is 0.158. The number of allylic oxidation sites excluding steroid dienone is 1. The van der Waals surface area contributed by atoms with Crippen LogP contribution in [0.15, 0.2) is 51.2 Å². The van der Waals surface area contributed by atoms with E-state index in [1.54, 1.807) is 26.0 Å². The molecule has 0 saturated heterocycles. The first-order chi connectivity index (χ1) is 15.0. The normalized spacial score (nSPS) is 15.2. The molecule has 1 aliphatic heterocycles. The minimum Gasteiger partial charge on any atom is -0.508 e. The number of aliphatic hydroxyl groups excluding tert-OH is 1. The minimum atomic E-state index is -1.36. The highest BCUT2D eigenvalue weighted by Gasteiger charge is 2.30. The summed E-state index contributed by atoms with van der Waals surface area (Å²) in [6.07, 6.45) is 3.66. The lowest BCUT2D eigenvalue weighted by Gasteiger charge is -2.28. The van der Waals surface area contributed by atoms with Gasteiger partial charge in [-0.3, -0.25) is 4.79 Å². The van der Waals surface area contributed by atoms with E-state index in [2.05, 4.69) is 0 Å². The second-order valence-corrected chi connectivity index (χ2v) is 8.61. The molecule has 0 saturated carbocycles. The maximum Gasteiger partial charge on any atom is 0.203 e. The molecule has 7 heteroatoms. The van der Waals surface area contributed by atoms with Crippen LogP contribution in [0.4, 0.5) is 0 Å². The zero-order valence-corrected chi connectivity index (χ0v) is 18.1. The van der Waals surface area contributed by atoms with Crippen LogP contribution in [0, 0.1) is 0 Å². The van der Waals surface area contributed by atoms with Crippen molar-refractivity contribution in [1.29, 1.82) is 0 Å². The Kier molecular flexibility index (Phi) is 5.02. The number of benzene rings is 2. The van der Waals surface area contributed by atoms with Crippen molar-refractivity contribution in [3.63, 3.8) is 0 Å². The molecule has 32 heavy (non-hydrogen) atoms. The predicted molar refractivity (Wildman–Crippen MR) is 121 cm³/mol. The van der Waals surface area contributed by atoms with E-state index < -0.39 is 17.1 Å². The first kappa shape index (κ1) is 21.5. The lowest BCUT2D eigenvalue weighted by atomic mass is 9.95. The van der Waals surface area contributed by atoms with Crippen molar-refractivity contribution < 1.29 is 29.6 Å². The summed E-state index contributed by atoms with van der Waals surface area (Å²) >= 11 is 0. The van der Waals surface area contributed by atoms with E-state index in [4.69, 9.17) is 9.15 Å². The standard InChI is InChI=1S/C25H24O7/c1-12(2)9-17(28)20-22(30)21-18(29)11-19-15(7-8-25(3,4)32-19)24(21)31-23(20)14-6-5-13(26)10-16(14)27/h5-11,17,26-29H,1-4H3/t17-/m0/s1. The second kappa shape index (κ2) is 7.46. The zero-order valence-electron chi connectivity index (χ0n) is 18.1. The van der Waals surface area contributed by atoms with E-state index in [-0.39, 0.29) is 45.1 Å². The van der Waals surface area contributed by atoms with Gasteiger partial charge in [-0.05, 0) is 52.0 Å². The van der Waals surface area contributed by atoms with E-state index in [1.807, 2.05) is 13.8 Å². The molecule has 3 aromatic rings. The van der Waals surface area contributed by atoms with Gasteiger partial charge in [0.15, 0.2) is 5.58 Å². The van der Waals surface area contributed by atoms with Crippen LogP contribution in [0.5, 0.6) is 23.0 Å². The summed E-state index contributed by atoms with van der Waals surface area (Å²) in [6, 6.07) is 5.19. The highest BCUT2D eigenvalue weighted by Crippen LogP contribution is 2.43. The van der Waals surface area contributed by atoms with Crippen LogP contribution in [0.1, 0.15) is 44.9 Å². The monoisotopic (exact) mass is 436 g/mol. The van der Waals surface area contributed by atoms with Crippen molar-refractivity contribution in [3.8, 4) is 34.3 Å². The smallest absolute Gasteiger partial charge is 0.203 e. The summed E-state index contributed by atoms with van der Waals surface area (Å²) in [5.41, 5.74) is -0.0229. The van der Waals surface area contributed by atoms with Gasteiger partial charge >= 0.3 is 0 Å². The average Bonchev–Trinajstić information content (AvgIpc) is 2.65. The Morgan fingerprint density at radius 1 is 1.09 bits per heavy atom. The largest absolute Gasteiger partial charge is 0.508 e. The third-order valence-electron chi connectivity index (χ3n) is 5.22. The summed E-state index contributed by atoms with van der Waals surface area (Å²) < 4.78 is 12.0. The van der Waals surface area contributed by atoms with Crippen LogP contribution >= 0.6 is 0 Å². The van der Waals surface area contributed by atoms with Gasteiger partial charge in [0.05, 0.1) is 16.7 Å². The van der Waals surface area contributed by atoms with Gasteiger partial charge in [-0.25, -0.2) is 0 Å². The minimum absolute atomic E-state index is 0.0624. The summed E-state index contributed by atoms with van der Waals surface area (Å²) in [7, 11) is 0. The maximum absolute atomic E-state index is 13.6. The summed E-state index contributed by atoms with van der Waals surface area (Å²) in [6.45, 7) is 7.23. The summed E-state index contributed by atoms with van der Waals surface area (Å²) in [5.74, 6) is -0.583. The third-order valence-corrected chi connectivity index (χ3v) is 5.22. The van der Waals surface area contributed by atoms with Crippen LogP contribution in [-0.2, 0) is 0 Å². The first-order valence-corrected chi connectivity index (χ1v) is 10.1. The van der Waals surface area contributed by atoms with Gasteiger partial charge in [-0.15, -0.1) is 0 Å². The molecule has 0 spiro atoms. The second-order valence-electron chi connectivity index (χ2n) is 8.61. The number of hydrogen-bond acceptors (Lipinski definition) is 7. The molecule has 4 rings (SSSR count). The Morgan fingerprint density at radius 3 is 2.47 bits per heavy atom. The van der Waals surface area contributed by atoms with E-state index in [9.17, 15) is 25.2 Å². The predicted octanol–water partition coefficient (Wildman–Crippen LogP) is 4.76. The molecular weight excluding hydrogens is 412 g/mol. The zero-order chi connectivity index (χ0) is 23.4. The Bertz CT molecular complexity index is 1360. The average molecular weight is 436 g/mol. The fourth-order valence-electron chi connectivity index (χ4n) is 3.78. The van der Waals surface area contributed by atoms with E-state index in [0.717, 1.165) is 11.6 Å². The van der Waals surface area contributed by atoms with E-state index in [0.29, 0.717) is 11.3 Å². The Balaban J connectivity index is 2.14. The topological polar surface area (TPSA) is 120 Å². The molecular formula is C25H24O7. The fraction of sp³-hybridized carbons (Fsp3) is 0.240. The molecule has 1 aromatic heterocycles. The number of rotatable bonds is 3. The van der Waals surface area contributed by atoms with Crippen molar-refractivity contribution in [2.24, 2.45) is 0 Å². The van der Waals surface area contributed by atoms with Gasteiger partial charge in [0, 0.05) is 12.1 Å². The molecule has 2 heterocycles. The molecule has 0 aliphatic carbocycles.